The molecule has 0 bridgehead atoms. The van der Waals surface area contributed by atoms with Crippen molar-refractivity contribution in [2.45, 2.75) is 277 Å². The van der Waals surface area contributed by atoms with Crippen molar-refractivity contribution in [3.8, 4) is 0 Å². The van der Waals surface area contributed by atoms with E-state index in [1.165, 1.54) is 96.3 Å². The van der Waals surface area contributed by atoms with Gasteiger partial charge in [0.2, 0.25) is 0 Å². The summed E-state index contributed by atoms with van der Waals surface area (Å²) >= 11 is 0. The molecule has 0 N–H and O–H groups in total. The highest BCUT2D eigenvalue weighted by atomic mass is 16.6. The molecular weight excluding hydrogens is 937 g/mol. The van der Waals surface area contributed by atoms with E-state index in [2.05, 4.69) is 154 Å². The standard InChI is InChI=1S/C70H114O6/c1-4-7-10-13-16-19-22-25-28-30-31-32-33-34-35-36-37-38-39-41-42-45-48-51-54-57-60-63-69(72)75-66-67(65-74-68(71)62-59-56-53-50-47-44-27-24-21-18-15-12-9-6-3)76-70(73)64-61-58-55-52-49-46-43-40-29-26-23-20-17-14-11-8-5-2/h7,10,15-16,18-19,24-29,31-32,34-35,37-38,41-42,48,51,67H,4-6,8-9,11-14,17,20-23,30,33,36,39-40,43-47,49-50,52-66H2,1-3H3/b10-7-,18-15-,19-16-,27-24-,28-25-,29-26-,32-31-,35-34-,38-37-,42-41-,51-48-. The minimum atomic E-state index is -0.810. The van der Waals surface area contributed by atoms with E-state index < -0.39 is 6.10 Å². The zero-order chi connectivity index (χ0) is 55.0. The van der Waals surface area contributed by atoms with Crippen molar-refractivity contribution < 1.29 is 28.6 Å². The third-order valence-electron chi connectivity index (χ3n) is 12.9. The number of allylic oxidation sites excluding steroid dienone is 22. The highest BCUT2D eigenvalue weighted by Crippen LogP contribution is 2.14. The highest BCUT2D eigenvalue weighted by Gasteiger charge is 2.19. The summed E-state index contributed by atoms with van der Waals surface area (Å²) in [4.78, 5) is 38.2. The summed E-state index contributed by atoms with van der Waals surface area (Å²) < 4.78 is 16.9. The van der Waals surface area contributed by atoms with Crippen LogP contribution >= 0.6 is 0 Å². The van der Waals surface area contributed by atoms with E-state index in [4.69, 9.17) is 14.2 Å². The normalized spacial score (nSPS) is 13.0. The average molecular weight is 1050 g/mol. The SMILES string of the molecule is CC/C=C\C/C=C\C/C=C\C/C=C\C/C=C\C/C=C\C/C=C\C/C=C\CCCCC(=O)OCC(COC(=O)CCCCCCC/C=C\C/C=C\CCCC)OC(=O)CCCCCCCCC/C=C\CCCCCCCC. The average Bonchev–Trinajstić information content (AvgIpc) is 3.42. The molecule has 0 amide bonds. The zero-order valence-electron chi connectivity index (χ0n) is 49.2. The molecule has 0 radical (unpaired) electrons. The Morgan fingerprint density at radius 3 is 0.882 bits per heavy atom. The van der Waals surface area contributed by atoms with Gasteiger partial charge in [-0.25, -0.2) is 0 Å². The first-order valence-electron chi connectivity index (χ1n) is 31.2. The number of carbonyl (C=O) groups excluding carboxylic acids is 3. The molecule has 76 heavy (non-hydrogen) atoms. The summed E-state index contributed by atoms with van der Waals surface area (Å²) in [7, 11) is 0. The van der Waals surface area contributed by atoms with E-state index in [0.717, 1.165) is 128 Å². The van der Waals surface area contributed by atoms with E-state index in [-0.39, 0.29) is 31.1 Å². The van der Waals surface area contributed by atoms with Gasteiger partial charge < -0.3 is 14.2 Å². The largest absolute Gasteiger partial charge is 0.462 e. The van der Waals surface area contributed by atoms with Gasteiger partial charge in [0.25, 0.3) is 0 Å². The second-order valence-corrected chi connectivity index (χ2v) is 20.2. The summed E-state index contributed by atoms with van der Waals surface area (Å²) in [5.41, 5.74) is 0. The van der Waals surface area contributed by atoms with Crippen LogP contribution in [0.4, 0.5) is 0 Å². The lowest BCUT2D eigenvalue weighted by atomic mass is 10.1. The van der Waals surface area contributed by atoms with Gasteiger partial charge in [-0.2, -0.15) is 0 Å². The Bertz CT molecular complexity index is 1630. The molecule has 430 valence electrons. The number of ether oxygens (including phenoxy) is 3. The molecule has 6 heteroatoms. The number of rotatable bonds is 55. The zero-order valence-corrected chi connectivity index (χ0v) is 49.2. The highest BCUT2D eigenvalue weighted by molar-refractivity contribution is 5.71. The molecular formula is C70H114O6. The van der Waals surface area contributed by atoms with Gasteiger partial charge in [0, 0.05) is 19.3 Å². The molecule has 0 aliphatic rings. The fourth-order valence-corrected chi connectivity index (χ4v) is 8.17. The maximum absolute atomic E-state index is 12.9. The maximum atomic E-state index is 12.9. The minimum Gasteiger partial charge on any atom is -0.462 e. The molecule has 0 aromatic carbocycles. The Balaban J connectivity index is 4.46. The fourth-order valence-electron chi connectivity index (χ4n) is 8.17. The molecule has 6 nitrogen and oxygen atoms in total. The van der Waals surface area contributed by atoms with E-state index in [1.54, 1.807) is 0 Å². The van der Waals surface area contributed by atoms with Crippen LogP contribution in [0, 0.1) is 0 Å². The molecule has 0 saturated carbocycles. The predicted octanol–water partition coefficient (Wildman–Crippen LogP) is 21.4. The lowest BCUT2D eigenvalue weighted by Crippen LogP contribution is -2.30. The van der Waals surface area contributed by atoms with Crippen molar-refractivity contribution in [1.29, 1.82) is 0 Å². The van der Waals surface area contributed by atoms with Gasteiger partial charge in [-0.3, -0.25) is 14.4 Å². The van der Waals surface area contributed by atoms with Gasteiger partial charge in [0.15, 0.2) is 6.10 Å². The van der Waals surface area contributed by atoms with Gasteiger partial charge in [0.1, 0.15) is 13.2 Å². The summed E-state index contributed by atoms with van der Waals surface area (Å²) in [5.74, 6) is -0.967. The van der Waals surface area contributed by atoms with Gasteiger partial charge in [-0.1, -0.05) is 251 Å². The molecule has 0 aromatic heterocycles. The van der Waals surface area contributed by atoms with Crippen molar-refractivity contribution in [1.82, 2.24) is 0 Å². The van der Waals surface area contributed by atoms with E-state index in [9.17, 15) is 14.4 Å². The smallest absolute Gasteiger partial charge is 0.306 e. The number of esters is 3. The minimum absolute atomic E-state index is 0.104. The Morgan fingerprint density at radius 2 is 0.526 bits per heavy atom. The molecule has 0 aliphatic carbocycles. The molecule has 1 atom stereocenters. The molecule has 0 spiro atoms. The van der Waals surface area contributed by atoms with Crippen LogP contribution in [0.1, 0.15) is 271 Å². The molecule has 0 heterocycles. The van der Waals surface area contributed by atoms with Crippen molar-refractivity contribution in [2.75, 3.05) is 13.2 Å². The number of hydrogen-bond acceptors (Lipinski definition) is 6. The van der Waals surface area contributed by atoms with Crippen LogP contribution < -0.4 is 0 Å². The third kappa shape index (κ3) is 60.4. The number of hydrogen-bond donors (Lipinski definition) is 0. The van der Waals surface area contributed by atoms with Gasteiger partial charge >= 0.3 is 17.9 Å². The van der Waals surface area contributed by atoms with E-state index >= 15 is 0 Å². The van der Waals surface area contributed by atoms with Gasteiger partial charge in [-0.15, -0.1) is 0 Å². The van der Waals surface area contributed by atoms with Crippen LogP contribution in [0.3, 0.4) is 0 Å². The summed E-state index contributed by atoms with van der Waals surface area (Å²) in [6.07, 6.45) is 88.8. The lowest BCUT2D eigenvalue weighted by Gasteiger charge is -2.18. The first-order valence-corrected chi connectivity index (χ1v) is 31.2. The number of carbonyl (C=O) groups is 3. The monoisotopic (exact) mass is 1050 g/mol. The first kappa shape index (κ1) is 71.5. The quantitative estimate of drug-likeness (QED) is 0.0261. The summed E-state index contributed by atoms with van der Waals surface area (Å²) in [5, 5.41) is 0. The second kappa shape index (κ2) is 63.1. The fraction of sp³-hybridized carbons (Fsp3) is 0.643. The number of unbranched alkanes of at least 4 members (excludes halogenated alkanes) is 22. The Hall–Kier alpha value is -4.45. The van der Waals surface area contributed by atoms with Crippen LogP contribution in [-0.4, -0.2) is 37.2 Å². The van der Waals surface area contributed by atoms with Crippen molar-refractivity contribution >= 4 is 17.9 Å². The van der Waals surface area contributed by atoms with Crippen molar-refractivity contribution in [2.24, 2.45) is 0 Å². The lowest BCUT2D eigenvalue weighted by molar-refractivity contribution is -0.167. The molecule has 0 aromatic rings. The molecule has 0 rings (SSSR count). The summed E-state index contributed by atoms with van der Waals surface area (Å²) in [6, 6.07) is 0. The first-order chi connectivity index (χ1) is 37.5. The predicted molar refractivity (Wildman–Crippen MR) is 329 cm³/mol. The van der Waals surface area contributed by atoms with E-state index in [1.807, 2.05) is 0 Å². The van der Waals surface area contributed by atoms with Crippen LogP contribution in [0.2, 0.25) is 0 Å². The molecule has 0 saturated heterocycles. The Kier molecular flexibility index (Phi) is 59.4. The molecule has 0 aliphatic heterocycles. The Labute approximate surface area is 468 Å². The summed E-state index contributed by atoms with van der Waals surface area (Å²) in [6.45, 7) is 6.43. The van der Waals surface area contributed by atoms with Crippen molar-refractivity contribution in [3.05, 3.63) is 134 Å². The molecule has 0 fully saturated rings. The topological polar surface area (TPSA) is 78.9 Å². The van der Waals surface area contributed by atoms with Crippen LogP contribution in [0.25, 0.3) is 0 Å². The van der Waals surface area contributed by atoms with Crippen molar-refractivity contribution in [3.63, 3.8) is 0 Å². The van der Waals surface area contributed by atoms with Crippen LogP contribution in [0.15, 0.2) is 134 Å². The third-order valence-corrected chi connectivity index (χ3v) is 12.9. The van der Waals surface area contributed by atoms with Gasteiger partial charge in [0.05, 0.1) is 0 Å². The van der Waals surface area contributed by atoms with E-state index in [0.29, 0.717) is 25.7 Å². The second-order valence-electron chi connectivity index (χ2n) is 20.2. The maximum Gasteiger partial charge on any atom is 0.306 e. The van der Waals surface area contributed by atoms with Gasteiger partial charge in [-0.05, 0) is 135 Å². The molecule has 1 unspecified atom stereocenters. The van der Waals surface area contributed by atoms with Crippen LogP contribution in [-0.2, 0) is 28.6 Å². The Morgan fingerprint density at radius 1 is 0.276 bits per heavy atom. The van der Waals surface area contributed by atoms with Crippen LogP contribution in [0.5, 0.6) is 0 Å².